The van der Waals surface area contributed by atoms with Crippen molar-refractivity contribution in [3.8, 4) is 0 Å². The number of benzene rings is 1. The van der Waals surface area contributed by atoms with Crippen molar-refractivity contribution in [2.24, 2.45) is 0 Å². The maximum Gasteiger partial charge on any atom is 0.202 e. The van der Waals surface area contributed by atoms with Crippen LogP contribution in [0.2, 0.25) is 0 Å². The first-order chi connectivity index (χ1) is 13.3. The van der Waals surface area contributed by atoms with Gasteiger partial charge in [-0.05, 0) is 18.6 Å². The molecule has 0 radical (unpaired) electrons. The van der Waals surface area contributed by atoms with E-state index in [1.165, 1.54) is 96.3 Å². The summed E-state index contributed by atoms with van der Waals surface area (Å²) in [6.07, 6.45) is 22.0. The van der Waals surface area contributed by atoms with Gasteiger partial charge in [0.2, 0.25) is 8.38 Å². The molecule has 0 heterocycles. The molecular weight excluding hydrogens is 351 g/mol. The maximum absolute atomic E-state index is 9.99. The molecule has 1 rings (SSSR count). The normalized spacial score (nSPS) is 12.4. The summed E-state index contributed by atoms with van der Waals surface area (Å²) in [7, 11) is -1.42. The number of rotatable bonds is 19. The monoisotopic (exact) mass is 394 g/mol. The Bertz CT molecular complexity index is 410. The molecule has 156 valence electrons. The summed E-state index contributed by atoms with van der Waals surface area (Å²) in [5.41, 5.74) is 0. The Morgan fingerprint density at radius 2 is 1.04 bits per heavy atom. The van der Waals surface area contributed by atoms with Crippen LogP contribution in [-0.2, 0) is 4.52 Å². The van der Waals surface area contributed by atoms with Gasteiger partial charge in [-0.2, -0.15) is 0 Å². The maximum atomic E-state index is 9.99. The standard InChI is InChI=1S/C24H43O2P/c1-2-3-4-5-6-7-8-9-10-11-12-13-14-15-16-20-23-26-27(25)24-21-18-17-19-22-24/h17-19,21-22,25H,2-16,20,23H2,1H3. The Hall–Kier alpha value is -0.430. The van der Waals surface area contributed by atoms with Crippen molar-refractivity contribution >= 4 is 13.7 Å². The molecule has 1 aromatic carbocycles. The highest BCUT2D eigenvalue weighted by Gasteiger charge is 2.07. The predicted molar refractivity (Wildman–Crippen MR) is 121 cm³/mol. The lowest BCUT2D eigenvalue weighted by Gasteiger charge is -2.10. The summed E-state index contributed by atoms with van der Waals surface area (Å²) in [6.45, 7) is 2.96. The molecule has 0 fully saturated rings. The third-order valence-electron chi connectivity index (χ3n) is 5.19. The molecule has 1 unspecified atom stereocenters. The summed E-state index contributed by atoms with van der Waals surface area (Å²) >= 11 is 0. The van der Waals surface area contributed by atoms with Crippen LogP contribution in [0.25, 0.3) is 0 Å². The van der Waals surface area contributed by atoms with Gasteiger partial charge in [-0.3, -0.25) is 0 Å². The molecule has 0 aliphatic rings. The first kappa shape index (κ1) is 24.6. The number of unbranched alkanes of at least 4 members (excludes halogenated alkanes) is 15. The Morgan fingerprint density at radius 3 is 1.48 bits per heavy atom. The van der Waals surface area contributed by atoms with Gasteiger partial charge in [0.25, 0.3) is 0 Å². The fraction of sp³-hybridized carbons (Fsp3) is 0.750. The van der Waals surface area contributed by atoms with Crippen LogP contribution in [0.15, 0.2) is 30.3 Å². The smallest absolute Gasteiger partial charge is 0.202 e. The van der Waals surface area contributed by atoms with E-state index < -0.39 is 8.38 Å². The van der Waals surface area contributed by atoms with Gasteiger partial charge in [-0.1, -0.05) is 121 Å². The lowest BCUT2D eigenvalue weighted by Crippen LogP contribution is -2.02. The van der Waals surface area contributed by atoms with Crippen molar-refractivity contribution < 1.29 is 9.42 Å². The third-order valence-corrected chi connectivity index (χ3v) is 6.36. The second kappa shape index (κ2) is 18.9. The molecule has 1 atom stereocenters. The van der Waals surface area contributed by atoms with Crippen LogP contribution in [0.4, 0.5) is 0 Å². The minimum Gasteiger partial charge on any atom is -0.346 e. The van der Waals surface area contributed by atoms with Crippen LogP contribution in [0.5, 0.6) is 0 Å². The molecule has 0 aromatic heterocycles. The molecule has 0 bridgehead atoms. The van der Waals surface area contributed by atoms with Crippen molar-refractivity contribution in [2.45, 2.75) is 110 Å². The van der Waals surface area contributed by atoms with Gasteiger partial charge in [-0.25, -0.2) is 0 Å². The summed E-state index contributed by atoms with van der Waals surface area (Å²) in [5.74, 6) is 0. The highest BCUT2D eigenvalue weighted by atomic mass is 31.2. The van der Waals surface area contributed by atoms with E-state index in [0.29, 0.717) is 6.61 Å². The van der Waals surface area contributed by atoms with Crippen LogP contribution < -0.4 is 5.30 Å². The molecule has 0 aliphatic heterocycles. The molecular formula is C24H43O2P. The molecule has 1 N–H and O–H groups in total. The van der Waals surface area contributed by atoms with Crippen molar-refractivity contribution in [3.63, 3.8) is 0 Å². The van der Waals surface area contributed by atoms with Crippen LogP contribution in [-0.4, -0.2) is 11.5 Å². The zero-order valence-corrected chi connectivity index (χ0v) is 18.6. The Morgan fingerprint density at radius 1 is 0.630 bits per heavy atom. The zero-order chi connectivity index (χ0) is 19.4. The largest absolute Gasteiger partial charge is 0.346 e. The zero-order valence-electron chi connectivity index (χ0n) is 17.7. The van der Waals surface area contributed by atoms with Crippen molar-refractivity contribution in [3.05, 3.63) is 30.3 Å². The highest BCUT2D eigenvalue weighted by Crippen LogP contribution is 2.30. The van der Waals surface area contributed by atoms with Gasteiger partial charge in [0.05, 0.1) is 6.61 Å². The second-order valence-corrected chi connectivity index (χ2v) is 9.07. The van der Waals surface area contributed by atoms with Crippen molar-refractivity contribution in [1.29, 1.82) is 0 Å². The van der Waals surface area contributed by atoms with E-state index in [9.17, 15) is 4.89 Å². The summed E-state index contributed by atoms with van der Waals surface area (Å²) in [4.78, 5) is 9.99. The predicted octanol–water partition coefficient (Wildman–Crippen LogP) is 7.89. The lowest BCUT2D eigenvalue weighted by molar-refractivity contribution is 0.305. The summed E-state index contributed by atoms with van der Waals surface area (Å²) in [6, 6.07) is 9.71. The average molecular weight is 395 g/mol. The quantitative estimate of drug-likeness (QED) is 0.191. The average Bonchev–Trinajstić information content (AvgIpc) is 2.70. The van der Waals surface area contributed by atoms with E-state index in [-0.39, 0.29) is 0 Å². The van der Waals surface area contributed by atoms with Gasteiger partial charge in [0.1, 0.15) is 0 Å². The van der Waals surface area contributed by atoms with Crippen LogP contribution >= 0.6 is 8.38 Å². The van der Waals surface area contributed by atoms with Crippen molar-refractivity contribution in [2.75, 3.05) is 6.61 Å². The summed E-state index contributed by atoms with van der Waals surface area (Å²) < 4.78 is 5.57. The molecule has 0 saturated heterocycles. The van der Waals surface area contributed by atoms with E-state index in [1.54, 1.807) is 0 Å². The molecule has 0 saturated carbocycles. The minimum atomic E-state index is -1.42. The van der Waals surface area contributed by atoms with Gasteiger partial charge in [0.15, 0.2) is 0 Å². The van der Waals surface area contributed by atoms with Crippen molar-refractivity contribution in [1.82, 2.24) is 0 Å². The lowest BCUT2D eigenvalue weighted by atomic mass is 10.0. The van der Waals surface area contributed by atoms with E-state index in [2.05, 4.69) is 6.92 Å². The Balaban J connectivity index is 1.74. The SMILES string of the molecule is CCCCCCCCCCCCCCCCCCOP(O)c1ccccc1. The first-order valence-electron chi connectivity index (χ1n) is 11.5. The molecule has 0 aliphatic carbocycles. The van der Waals surface area contributed by atoms with E-state index in [1.807, 2.05) is 30.3 Å². The molecule has 2 nitrogen and oxygen atoms in total. The van der Waals surface area contributed by atoms with E-state index in [4.69, 9.17) is 4.52 Å². The van der Waals surface area contributed by atoms with Gasteiger partial charge in [-0.15, -0.1) is 0 Å². The van der Waals surface area contributed by atoms with Gasteiger partial charge in [0, 0.05) is 5.30 Å². The summed E-state index contributed by atoms with van der Waals surface area (Å²) in [5, 5.41) is 0.906. The van der Waals surface area contributed by atoms with E-state index in [0.717, 1.165) is 11.7 Å². The Labute approximate surface area is 170 Å². The van der Waals surface area contributed by atoms with Crippen LogP contribution in [0, 0.1) is 0 Å². The van der Waals surface area contributed by atoms with E-state index >= 15 is 0 Å². The first-order valence-corrected chi connectivity index (χ1v) is 12.7. The van der Waals surface area contributed by atoms with Crippen LogP contribution in [0.1, 0.15) is 110 Å². The number of hydrogen-bond acceptors (Lipinski definition) is 2. The highest BCUT2D eigenvalue weighted by molar-refractivity contribution is 7.55. The molecule has 0 spiro atoms. The molecule has 27 heavy (non-hydrogen) atoms. The Kier molecular flexibility index (Phi) is 17.2. The topological polar surface area (TPSA) is 29.5 Å². The molecule has 1 aromatic rings. The molecule has 3 heteroatoms. The van der Waals surface area contributed by atoms with Gasteiger partial charge >= 0.3 is 0 Å². The minimum absolute atomic E-state index is 0.676. The fourth-order valence-electron chi connectivity index (χ4n) is 3.43. The third kappa shape index (κ3) is 15.2. The molecule has 0 amide bonds. The fourth-order valence-corrected chi connectivity index (χ4v) is 4.31. The van der Waals surface area contributed by atoms with Crippen LogP contribution in [0.3, 0.4) is 0 Å². The number of hydrogen-bond donors (Lipinski definition) is 1. The van der Waals surface area contributed by atoms with Gasteiger partial charge < -0.3 is 9.42 Å². The second-order valence-electron chi connectivity index (χ2n) is 7.75.